The second-order valence-electron chi connectivity index (χ2n) is 3.71. The van der Waals surface area contributed by atoms with Crippen molar-refractivity contribution >= 4 is 17.3 Å². The molecular weight excluding hydrogens is 202 g/mol. The zero-order valence-electron chi connectivity index (χ0n) is 9.81. The highest BCUT2D eigenvalue weighted by Gasteiger charge is 2.20. The number of hydrogen-bond donors (Lipinski definition) is 2. The third kappa shape index (κ3) is 2.66. The average Bonchev–Trinajstić information content (AvgIpc) is 2.25. The van der Waals surface area contributed by atoms with E-state index in [1.807, 2.05) is 43.0 Å². The number of carbonyl (C=O) groups is 1. The molecule has 88 valence electrons. The Morgan fingerprint density at radius 2 is 2.12 bits per heavy atom. The number of primary amides is 1. The van der Waals surface area contributed by atoms with Crippen molar-refractivity contribution in [2.45, 2.75) is 26.3 Å². The lowest BCUT2D eigenvalue weighted by molar-refractivity contribution is -0.119. The maximum absolute atomic E-state index is 11.3. The minimum atomic E-state index is -0.299. The van der Waals surface area contributed by atoms with Crippen molar-refractivity contribution in [2.75, 3.05) is 17.2 Å². The molecule has 4 nitrogen and oxygen atoms in total. The monoisotopic (exact) mass is 221 g/mol. The summed E-state index contributed by atoms with van der Waals surface area (Å²) in [4.78, 5) is 13.3. The molecule has 0 saturated heterocycles. The van der Waals surface area contributed by atoms with Crippen LogP contribution in [0.25, 0.3) is 0 Å². The molecule has 1 unspecified atom stereocenters. The summed E-state index contributed by atoms with van der Waals surface area (Å²) in [5.74, 6) is -0.299. The number of amides is 1. The Bertz CT molecular complexity index is 365. The van der Waals surface area contributed by atoms with E-state index in [2.05, 4.69) is 0 Å². The van der Waals surface area contributed by atoms with Crippen LogP contribution in [0.4, 0.5) is 11.4 Å². The smallest absolute Gasteiger partial charge is 0.240 e. The lowest BCUT2D eigenvalue weighted by Crippen LogP contribution is -2.44. The van der Waals surface area contributed by atoms with Gasteiger partial charge in [0.2, 0.25) is 5.91 Å². The molecule has 0 saturated carbocycles. The van der Waals surface area contributed by atoms with Crippen molar-refractivity contribution in [1.29, 1.82) is 0 Å². The SMILES string of the molecule is CCC(C(N)=O)N(CC)c1cccc(N)c1. The molecule has 0 spiro atoms. The molecule has 1 atom stereocenters. The van der Waals surface area contributed by atoms with Crippen LogP contribution in [0.5, 0.6) is 0 Å². The Hall–Kier alpha value is -1.71. The predicted octanol–water partition coefficient (Wildman–Crippen LogP) is 1.36. The lowest BCUT2D eigenvalue weighted by atomic mass is 10.1. The summed E-state index contributed by atoms with van der Waals surface area (Å²) in [6, 6.07) is 7.22. The van der Waals surface area contributed by atoms with E-state index in [-0.39, 0.29) is 11.9 Å². The Morgan fingerprint density at radius 3 is 2.56 bits per heavy atom. The third-order valence-electron chi connectivity index (χ3n) is 2.63. The van der Waals surface area contributed by atoms with Crippen LogP contribution in [0.3, 0.4) is 0 Å². The van der Waals surface area contributed by atoms with Crippen LogP contribution in [0, 0.1) is 0 Å². The minimum absolute atomic E-state index is 0.271. The van der Waals surface area contributed by atoms with E-state index in [1.165, 1.54) is 0 Å². The van der Waals surface area contributed by atoms with Gasteiger partial charge in [0.05, 0.1) is 0 Å². The number of rotatable bonds is 5. The number of nitrogens with two attached hydrogens (primary N) is 2. The van der Waals surface area contributed by atoms with E-state index in [9.17, 15) is 4.79 Å². The van der Waals surface area contributed by atoms with Gasteiger partial charge in [-0.05, 0) is 31.5 Å². The van der Waals surface area contributed by atoms with Crippen molar-refractivity contribution in [1.82, 2.24) is 0 Å². The van der Waals surface area contributed by atoms with E-state index in [4.69, 9.17) is 11.5 Å². The van der Waals surface area contributed by atoms with Gasteiger partial charge in [0, 0.05) is 17.9 Å². The fourth-order valence-corrected chi connectivity index (χ4v) is 1.86. The van der Waals surface area contributed by atoms with E-state index in [0.717, 1.165) is 12.2 Å². The molecule has 16 heavy (non-hydrogen) atoms. The van der Waals surface area contributed by atoms with Gasteiger partial charge in [0.15, 0.2) is 0 Å². The molecule has 0 aliphatic rings. The number of likely N-dealkylation sites (N-methyl/N-ethyl adjacent to an activating group) is 1. The predicted molar refractivity (Wildman–Crippen MR) is 67.1 cm³/mol. The average molecular weight is 221 g/mol. The second kappa shape index (κ2) is 5.39. The first kappa shape index (κ1) is 12.4. The third-order valence-corrected chi connectivity index (χ3v) is 2.63. The maximum Gasteiger partial charge on any atom is 0.240 e. The van der Waals surface area contributed by atoms with Crippen LogP contribution in [-0.4, -0.2) is 18.5 Å². The van der Waals surface area contributed by atoms with Gasteiger partial charge in [-0.15, -0.1) is 0 Å². The maximum atomic E-state index is 11.3. The van der Waals surface area contributed by atoms with Gasteiger partial charge in [-0.3, -0.25) is 4.79 Å². The fourth-order valence-electron chi connectivity index (χ4n) is 1.86. The van der Waals surface area contributed by atoms with E-state index < -0.39 is 0 Å². The Balaban J connectivity index is 3.01. The summed E-state index contributed by atoms with van der Waals surface area (Å²) < 4.78 is 0. The molecule has 1 aromatic carbocycles. The van der Waals surface area contributed by atoms with Crippen LogP contribution in [0.2, 0.25) is 0 Å². The molecule has 4 N–H and O–H groups in total. The molecule has 0 fully saturated rings. The number of benzene rings is 1. The van der Waals surface area contributed by atoms with Gasteiger partial charge in [0.25, 0.3) is 0 Å². The molecule has 1 rings (SSSR count). The topological polar surface area (TPSA) is 72.4 Å². The standard InChI is InChI=1S/C12H19N3O/c1-3-11(12(14)16)15(4-2)10-7-5-6-9(13)8-10/h5-8,11H,3-4,13H2,1-2H3,(H2,14,16). The highest BCUT2D eigenvalue weighted by molar-refractivity contribution is 5.83. The van der Waals surface area contributed by atoms with Gasteiger partial charge in [-0.2, -0.15) is 0 Å². The quantitative estimate of drug-likeness (QED) is 0.737. The Labute approximate surface area is 96.2 Å². The van der Waals surface area contributed by atoms with Crippen molar-refractivity contribution in [3.63, 3.8) is 0 Å². The summed E-state index contributed by atoms with van der Waals surface area (Å²) in [6.07, 6.45) is 0.692. The van der Waals surface area contributed by atoms with Crippen molar-refractivity contribution < 1.29 is 4.79 Å². The summed E-state index contributed by atoms with van der Waals surface area (Å²) in [5, 5.41) is 0. The zero-order chi connectivity index (χ0) is 12.1. The first-order valence-electron chi connectivity index (χ1n) is 5.51. The summed E-state index contributed by atoms with van der Waals surface area (Å²) in [5.41, 5.74) is 12.7. The largest absolute Gasteiger partial charge is 0.399 e. The van der Waals surface area contributed by atoms with Crippen LogP contribution >= 0.6 is 0 Å². The molecule has 0 heterocycles. The number of nitrogens with zero attached hydrogens (tertiary/aromatic N) is 1. The lowest BCUT2D eigenvalue weighted by Gasteiger charge is -2.30. The van der Waals surface area contributed by atoms with Gasteiger partial charge < -0.3 is 16.4 Å². The normalized spacial score (nSPS) is 12.1. The first-order chi connectivity index (χ1) is 7.60. The minimum Gasteiger partial charge on any atom is -0.399 e. The number of nitrogen functional groups attached to an aromatic ring is 1. The highest BCUT2D eigenvalue weighted by Crippen LogP contribution is 2.20. The molecule has 0 aromatic heterocycles. The Kier molecular flexibility index (Phi) is 4.17. The molecular formula is C12H19N3O. The molecule has 1 amide bonds. The van der Waals surface area contributed by atoms with Gasteiger partial charge in [-0.1, -0.05) is 13.0 Å². The highest BCUT2D eigenvalue weighted by atomic mass is 16.1. The molecule has 0 aliphatic heterocycles. The molecule has 4 heteroatoms. The second-order valence-corrected chi connectivity index (χ2v) is 3.71. The van der Waals surface area contributed by atoms with Crippen LogP contribution < -0.4 is 16.4 Å². The van der Waals surface area contributed by atoms with E-state index in [0.29, 0.717) is 12.1 Å². The molecule has 0 bridgehead atoms. The van der Waals surface area contributed by atoms with Crippen molar-refractivity contribution in [2.24, 2.45) is 5.73 Å². The number of carbonyl (C=O) groups excluding carboxylic acids is 1. The zero-order valence-corrected chi connectivity index (χ0v) is 9.81. The van der Waals surface area contributed by atoms with Gasteiger partial charge in [-0.25, -0.2) is 0 Å². The molecule has 0 aliphatic carbocycles. The van der Waals surface area contributed by atoms with Crippen LogP contribution in [0.15, 0.2) is 24.3 Å². The van der Waals surface area contributed by atoms with Gasteiger partial charge >= 0.3 is 0 Å². The molecule has 0 radical (unpaired) electrons. The van der Waals surface area contributed by atoms with Crippen LogP contribution in [0.1, 0.15) is 20.3 Å². The molecule has 1 aromatic rings. The van der Waals surface area contributed by atoms with Crippen molar-refractivity contribution in [3.05, 3.63) is 24.3 Å². The van der Waals surface area contributed by atoms with Crippen LogP contribution in [-0.2, 0) is 4.79 Å². The number of anilines is 2. The first-order valence-corrected chi connectivity index (χ1v) is 5.51. The van der Waals surface area contributed by atoms with Gasteiger partial charge in [0.1, 0.15) is 6.04 Å². The van der Waals surface area contributed by atoms with E-state index >= 15 is 0 Å². The fraction of sp³-hybridized carbons (Fsp3) is 0.417. The number of hydrogen-bond acceptors (Lipinski definition) is 3. The summed E-state index contributed by atoms with van der Waals surface area (Å²) in [6.45, 7) is 4.67. The van der Waals surface area contributed by atoms with Crippen molar-refractivity contribution in [3.8, 4) is 0 Å². The summed E-state index contributed by atoms with van der Waals surface area (Å²) >= 11 is 0. The van der Waals surface area contributed by atoms with E-state index in [1.54, 1.807) is 0 Å². The summed E-state index contributed by atoms with van der Waals surface area (Å²) in [7, 11) is 0. The Morgan fingerprint density at radius 1 is 1.44 bits per heavy atom.